The Morgan fingerprint density at radius 2 is 1.81 bits per heavy atom. The average Bonchev–Trinajstić information content (AvgIpc) is 2.58. The van der Waals surface area contributed by atoms with E-state index >= 15 is 0 Å². The first-order chi connectivity index (χ1) is 12.6. The second kappa shape index (κ2) is 8.30. The van der Waals surface area contributed by atoms with E-state index in [1.54, 1.807) is 29.3 Å². The van der Waals surface area contributed by atoms with E-state index in [0.29, 0.717) is 12.0 Å². The first-order valence-corrected chi connectivity index (χ1v) is 9.57. The molecule has 1 N–H and O–H groups in total. The third-order valence-corrected chi connectivity index (χ3v) is 5.43. The van der Waals surface area contributed by atoms with Crippen LogP contribution in [0.3, 0.4) is 0 Å². The largest absolute Gasteiger partial charge is 0.506 e. The lowest BCUT2D eigenvalue weighted by atomic mass is 9.70. The number of carbonyl (C=O) groups excluding carboxylic acids is 1. The summed E-state index contributed by atoms with van der Waals surface area (Å²) in [5, 5.41) is 10.9. The lowest BCUT2D eigenvalue weighted by molar-refractivity contribution is -0.276. The highest BCUT2D eigenvalue weighted by Gasteiger charge is 2.55. The Morgan fingerprint density at radius 1 is 1.19 bits per heavy atom. The first kappa shape index (κ1) is 21.2. The van der Waals surface area contributed by atoms with Crippen LogP contribution in [0.1, 0.15) is 70.7 Å². The van der Waals surface area contributed by atoms with Gasteiger partial charge in [-0.2, -0.15) is 0 Å². The minimum atomic E-state index is -1.26. The molecule has 1 heterocycles. The number of nitrogens with zero attached hydrogens (tertiary/aromatic N) is 1. The number of unbranched alkanes of at least 4 members (excludes halogenated alkanes) is 1. The van der Waals surface area contributed by atoms with E-state index in [-0.39, 0.29) is 5.92 Å². The predicted molar refractivity (Wildman–Crippen MR) is 102 cm³/mol. The second-order valence-corrected chi connectivity index (χ2v) is 8.38. The quantitative estimate of drug-likeness (QED) is 0.711. The molecule has 6 nitrogen and oxygen atoms in total. The van der Waals surface area contributed by atoms with Gasteiger partial charge >= 0.3 is 12.1 Å². The minimum Gasteiger partial charge on any atom is -0.450 e. The molecule has 2 atom stereocenters. The molecule has 1 aliphatic rings. The summed E-state index contributed by atoms with van der Waals surface area (Å²) in [5.41, 5.74) is -0.670. The summed E-state index contributed by atoms with van der Waals surface area (Å²) in [6.07, 6.45) is 1.51. The van der Waals surface area contributed by atoms with Crippen molar-refractivity contribution in [3.63, 3.8) is 0 Å². The van der Waals surface area contributed by atoms with Gasteiger partial charge in [-0.25, -0.2) is 9.59 Å². The Kier molecular flexibility index (Phi) is 6.52. The van der Waals surface area contributed by atoms with E-state index in [1.807, 2.05) is 33.8 Å². The van der Waals surface area contributed by atoms with Crippen LogP contribution in [-0.2, 0) is 9.57 Å². The molecule has 0 amide bonds. The van der Waals surface area contributed by atoms with Gasteiger partial charge in [0.2, 0.25) is 0 Å². The van der Waals surface area contributed by atoms with Crippen LogP contribution >= 0.6 is 0 Å². The van der Waals surface area contributed by atoms with Crippen LogP contribution in [0.2, 0.25) is 0 Å². The number of rotatable bonds is 6. The zero-order valence-corrected chi connectivity index (χ0v) is 16.9. The van der Waals surface area contributed by atoms with Crippen LogP contribution in [0.5, 0.6) is 0 Å². The molecular formula is C21H31NO5. The van der Waals surface area contributed by atoms with Gasteiger partial charge in [-0.15, -0.1) is 5.06 Å². The van der Waals surface area contributed by atoms with Crippen molar-refractivity contribution in [1.82, 2.24) is 5.06 Å². The van der Waals surface area contributed by atoms with Crippen molar-refractivity contribution in [3.05, 3.63) is 35.9 Å². The molecule has 150 valence electrons. The summed E-state index contributed by atoms with van der Waals surface area (Å²) in [4.78, 5) is 29.8. The van der Waals surface area contributed by atoms with Crippen molar-refractivity contribution < 1.29 is 24.3 Å². The number of hydrogen-bond acceptors (Lipinski definition) is 5. The number of hydroxylamine groups is 2. The molecular weight excluding hydrogens is 346 g/mol. The van der Waals surface area contributed by atoms with Gasteiger partial charge in [-0.3, -0.25) is 0 Å². The maximum absolute atomic E-state index is 12.7. The predicted octanol–water partition coefficient (Wildman–Crippen LogP) is 4.89. The van der Waals surface area contributed by atoms with Crippen LogP contribution in [0.4, 0.5) is 4.79 Å². The molecule has 1 saturated heterocycles. The van der Waals surface area contributed by atoms with Gasteiger partial charge in [0.25, 0.3) is 0 Å². The van der Waals surface area contributed by atoms with E-state index in [4.69, 9.17) is 9.57 Å². The zero-order valence-electron chi connectivity index (χ0n) is 16.9. The maximum Gasteiger partial charge on any atom is 0.506 e. The molecule has 2 rings (SSSR count). The topological polar surface area (TPSA) is 76.1 Å². The first-order valence-electron chi connectivity index (χ1n) is 9.57. The highest BCUT2D eigenvalue weighted by atomic mass is 16.7. The van der Waals surface area contributed by atoms with Crippen molar-refractivity contribution >= 4 is 12.1 Å². The molecule has 27 heavy (non-hydrogen) atoms. The number of hydrogen-bond donors (Lipinski definition) is 1. The van der Waals surface area contributed by atoms with Gasteiger partial charge < -0.3 is 14.7 Å². The summed E-state index contributed by atoms with van der Waals surface area (Å²) in [6.45, 7) is 9.97. The van der Waals surface area contributed by atoms with Gasteiger partial charge in [-0.1, -0.05) is 38.0 Å². The molecule has 0 aliphatic carbocycles. The van der Waals surface area contributed by atoms with Gasteiger partial charge in [0, 0.05) is 12.3 Å². The number of piperidine rings is 1. The lowest BCUT2D eigenvalue weighted by Gasteiger charge is -2.56. The molecule has 0 saturated carbocycles. The van der Waals surface area contributed by atoms with E-state index in [0.717, 1.165) is 19.3 Å². The molecule has 1 aliphatic heterocycles. The third-order valence-electron chi connectivity index (χ3n) is 5.43. The third kappa shape index (κ3) is 4.80. The van der Waals surface area contributed by atoms with Crippen molar-refractivity contribution in [3.8, 4) is 0 Å². The van der Waals surface area contributed by atoms with Crippen LogP contribution in [0.15, 0.2) is 30.3 Å². The molecule has 1 aromatic rings. The number of ether oxygens (including phenoxy) is 1. The van der Waals surface area contributed by atoms with Gasteiger partial charge in [-0.05, 0) is 46.2 Å². The highest BCUT2D eigenvalue weighted by molar-refractivity contribution is 5.89. The maximum atomic E-state index is 12.7. The van der Waals surface area contributed by atoms with Gasteiger partial charge in [0.05, 0.1) is 16.6 Å². The van der Waals surface area contributed by atoms with E-state index in [1.165, 1.54) is 0 Å². The average molecular weight is 377 g/mol. The second-order valence-electron chi connectivity index (χ2n) is 8.38. The smallest absolute Gasteiger partial charge is 0.450 e. The summed E-state index contributed by atoms with van der Waals surface area (Å²) in [6, 6.07) is 8.88. The fraction of sp³-hybridized carbons (Fsp3) is 0.619. The van der Waals surface area contributed by atoms with Gasteiger partial charge in [0.1, 0.15) is 6.10 Å². The SMILES string of the molecule is CCCCC1C(OC(=O)O)CC(C)(C)N(OC(=O)c2ccccc2)C1(C)C. The van der Waals surface area contributed by atoms with Crippen LogP contribution < -0.4 is 0 Å². The summed E-state index contributed by atoms with van der Waals surface area (Å²) >= 11 is 0. The zero-order chi connectivity index (χ0) is 20.2. The molecule has 6 heteroatoms. The van der Waals surface area contributed by atoms with Crippen LogP contribution in [0.25, 0.3) is 0 Å². The van der Waals surface area contributed by atoms with Crippen molar-refractivity contribution in [1.29, 1.82) is 0 Å². The molecule has 0 aromatic heterocycles. The fourth-order valence-electron chi connectivity index (χ4n) is 4.27. The summed E-state index contributed by atoms with van der Waals surface area (Å²) < 4.78 is 5.26. The van der Waals surface area contributed by atoms with Crippen LogP contribution in [-0.4, -0.2) is 39.5 Å². The summed E-state index contributed by atoms with van der Waals surface area (Å²) in [5.74, 6) is -0.492. The van der Waals surface area contributed by atoms with Crippen molar-refractivity contribution in [2.24, 2.45) is 5.92 Å². The molecule has 1 aromatic carbocycles. The highest BCUT2D eigenvalue weighted by Crippen LogP contribution is 2.45. The Balaban J connectivity index is 2.32. The number of carbonyl (C=O) groups is 2. The monoisotopic (exact) mass is 377 g/mol. The molecule has 0 bridgehead atoms. The van der Waals surface area contributed by atoms with E-state index in [9.17, 15) is 14.7 Å². The van der Waals surface area contributed by atoms with Crippen molar-refractivity contribution in [2.45, 2.75) is 77.5 Å². The minimum absolute atomic E-state index is 0.0786. The number of benzene rings is 1. The normalized spacial score (nSPS) is 24.2. The molecule has 2 unspecified atom stereocenters. The molecule has 1 fully saturated rings. The fourth-order valence-corrected chi connectivity index (χ4v) is 4.27. The van der Waals surface area contributed by atoms with Crippen molar-refractivity contribution in [2.75, 3.05) is 0 Å². The Bertz CT molecular complexity index is 656. The molecule has 0 radical (unpaired) electrons. The van der Waals surface area contributed by atoms with Gasteiger partial charge in [0.15, 0.2) is 0 Å². The Hall–Kier alpha value is -2.08. The Labute approximate surface area is 161 Å². The van der Waals surface area contributed by atoms with E-state index in [2.05, 4.69) is 6.92 Å². The van der Waals surface area contributed by atoms with E-state index < -0.39 is 29.3 Å². The molecule has 0 spiro atoms. The number of carboxylic acid groups (broad SMARTS) is 1. The summed E-state index contributed by atoms with van der Waals surface area (Å²) in [7, 11) is 0. The standard InChI is InChI=1S/C21H31NO5/c1-6-7-13-16-17(26-19(24)25)14-20(2,3)22(21(16,4)5)27-18(23)15-11-9-8-10-12-15/h8-12,16-17H,6-7,13-14H2,1-5H3,(H,24,25). The lowest BCUT2D eigenvalue weighted by Crippen LogP contribution is -2.67. The Morgan fingerprint density at radius 3 is 2.37 bits per heavy atom. The van der Waals surface area contributed by atoms with Crippen LogP contribution in [0, 0.1) is 5.92 Å².